The van der Waals surface area contributed by atoms with Crippen LogP contribution in [0.25, 0.3) is 0 Å². The van der Waals surface area contributed by atoms with Gasteiger partial charge >= 0.3 is 0 Å². The molecule has 2 fully saturated rings. The molecule has 0 aliphatic carbocycles. The van der Waals surface area contributed by atoms with Crippen LogP contribution >= 0.6 is 0 Å². The Hall–Kier alpha value is -1.63. The Morgan fingerprint density at radius 1 is 1.17 bits per heavy atom. The van der Waals surface area contributed by atoms with Gasteiger partial charge in [-0.3, -0.25) is 4.79 Å². The van der Waals surface area contributed by atoms with Gasteiger partial charge < -0.3 is 24.5 Å². The van der Waals surface area contributed by atoms with E-state index in [-0.39, 0.29) is 12.0 Å². The predicted molar refractivity (Wildman–Crippen MR) is 93.5 cm³/mol. The van der Waals surface area contributed by atoms with E-state index >= 15 is 0 Å². The lowest BCUT2D eigenvalue weighted by molar-refractivity contribution is -0.00237. The third-order valence-corrected chi connectivity index (χ3v) is 4.89. The molecule has 2 heterocycles. The number of β-amino-alcohol motifs (C(OH)–C–C–N with tert-alkyl or cyclic N) is 1. The molecule has 132 valence electrons. The van der Waals surface area contributed by atoms with Crippen LogP contribution in [0.3, 0.4) is 0 Å². The third kappa shape index (κ3) is 3.71. The van der Waals surface area contributed by atoms with Gasteiger partial charge in [0.15, 0.2) is 0 Å². The second kappa shape index (κ2) is 7.51. The smallest absolute Gasteiger partial charge is 0.254 e. The second-order valence-corrected chi connectivity index (χ2v) is 6.61. The number of ether oxygens (including phenoxy) is 1. The fourth-order valence-electron chi connectivity index (χ4n) is 3.36. The number of benzene rings is 1. The molecule has 6 nitrogen and oxygen atoms in total. The van der Waals surface area contributed by atoms with Crippen LogP contribution in [0.4, 0.5) is 5.69 Å². The van der Waals surface area contributed by atoms with Crippen LogP contribution in [0.5, 0.6) is 0 Å². The largest absolute Gasteiger partial charge is 0.388 e. The summed E-state index contributed by atoms with van der Waals surface area (Å²) in [6.07, 6.45) is -0.873. The van der Waals surface area contributed by atoms with Gasteiger partial charge in [0.25, 0.3) is 5.91 Å². The van der Waals surface area contributed by atoms with Crippen LogP contribution in [0, 0.1) is 0 Å². The van der Waals surface area contributed by atoms with Crippen LogP contribution in [0.1, 0.15) is 17.3 Å². The zero-order valence-electron chi connectivity index (χ0n) is 14.5. The summed E-state index contributed by atoms with van der Waals surface area (Å²) in [4.78, 5) is 19.0. The highest BCUT2D eigenvalue weighted by Crippen LogP contribution is 2.20. The van der Waals surface area contributed by atoms with E-state index in [9.17, 15) is 9.90 Å². The number of nitrogens with zero attached hydrogens (tertiary/aromatic N) is 3. The molecular formula is C18H27N3O3. The van der Waals surface area contributed by atoms with Crippen molar-refractivity contribution in [2.45, 2.75) is 19.1 Å². The fourth-order valence-corrected chi connectivity index (χ4v) is 3.36. The Kier molecular flexibility index (Phi) is 5.38. The predicted octanol–water partition coefficient (Wildman–Crippen LogP) is 0.660. The highest BCUT2D eigenvalue weighted by atomic mass is 16.5. The molecule has 0 unspecified atom stereocenters. The molecular weight excluding hydrogens is 306 g/mol. The van der Waals surface area contributed by atoms with E-state index < -0.39 is 6.10 Å². The van der Waals surface area contributed by atoms with E-state index in [0.29, 0.717) is 25.3 Å². The summed E-state index contributed by atoms with van der Waals surface area (Å²) in [6, 6.07) is 7.81. The summed E-state index contributed by atoms with van der Waals surface area (Å²) in [5, 5.41) is 9.99. The maximum atomic E-state index is 12.6. The molecule has 2 saturated heterocycles. The molecule has 2 aliphatic rings. The SMILES string of the molecule is CCO[C@@H]1CN(C(=O)c2ccc(N3CCN(C)CC3)cc2)C[C@H]1O. The van der Waals surface area contributed by atoms with Crippen LogP contribution < -0.4 is 4.90 Å². The molecule has 0 radical (unpaired) electrons. The van der Waals surface area contributed by atoms with E-state index in [0.717, 1.165) is 31.9 Å². The Labute approximate surface area is 143 Å². The van der Waals surface area contributed by atoms with E-state index in [1.54, 1.807) is 4.90 Å². The molecule has 0 spiro atoms. The molecule has 1 aromatic rings. The minimum Gasteiger partial charge on any atom is -0.388 e. The van der Waals surface area contributed by atoms with E-state index in [2.05, 4.69) is 16.8 Å². The first-order valence-electron chi connectivity index (χ1n) is 8.71. The van der Waals surface area contributed by atoms with Crippen LogP contribution in [0.2, 0.25) is 0 Å². The standard InChI is InChI=1S/C18H27N3O3/c1-3-24-17-13-21(12-16(17)22)18(23)14-4-6-15(7-5-14)20-10-8-19(2)9-11-20/h4-7,16-17,22H,3,8-13H2,1-2H3/t16-,17-/m1/s1. The van der Waals surface area contributed by atoms with Gasteiger partial charge in [-0.05, 0) is 38.2 Å². The average Bonchev–Trinajstić information content (AvgIpc) is 2.96. The molecule has 1 amide bonds. The Morgan fingerprint density at radius 2 is 1.83 bits per heavy atom. The van der Waals surface area contributed by atoms with Crippen molar-refractivity contribution in [3.8, 4) is 0 Å². The maximum Gasteiger partial charge on any atom is 0.254 e. The monoisotopic (exact) mass is 333 g/mol. The summed E-state index contributed by atoms with van der Waals surface area (Å²) in [7, 11) is 2.14. The number of likely N-dealkylation sites (N-methyl/N-ethyl adjacent to an activating group) is 1. The minimum absolute atomic E-state index is 0.0406. The molecule has 2 atom stereocenters. The van der Waals surface area contributed by atoms with Crippen molar-refractivity contribution >= 4 is 11.6 Å². The summed E-state index contributed by atoms with van der Waals surface area (Å²) in [5.41, 5.74) is 1.82. The zero-order chi connectivity index (χ0) is 17.1. The number of carbonyl (C=O) groups excluding carboxylic acids is 1. The van der Waals surface area contributed by atoms with Gasteiger partial charge in [0.2, 0.25) is 0 Å². The van der Waals surface area contributed by atoms with Gasteiger partial charge in [-0.2, -0.15) is 0 Å². The Morgan fingerprint density at radius 3 is 2.46 bits per heavy atom. The molecule has 1 N–H and O–H groups in total. The quantitative estimate of drug-likeness (QED) is 0.877. The normalized spacial score (nSPS) is 25.3. The average molecular weight is 333 g/mol. The van der Waals surface area contributed by atoms with Crippen LogP contribution in [-0.2, 0) is 4.74 Å². The number of piperazine rings is 1. The maximum absolute atomic E-state index is 12.6. The van der Waals surface area contributed by atoms with Crippen molar-refractivity contribution in [3.05, 3.63) is 29.8 Å². The number of likely N-dealkylation sites (tertiary alicyclic amines) is 1. The Bertz CT molecular complexity index is 555. The van der Waals surface area contributed by atoms with Crippen molar-refractivity contribution in [2.24, 2.45) is 0 Å². The van der Waals surface area contributed by atoms with Crippen molar-refractivity contribution < 1.29 is 14.6 Å². The Balaban J connectivity index is 1.62. The molecule has 1 aromatic carbocycles. The number of hydrogen-bond donors (Lipinski definition) is 1. The second-order valence-electron chi connectivity index (χ2n) is 6.61. The lowest BCUT2D eigenvalue weighted by atomic mass is 10.1. The summed E-state index contributed by atoms with van der Waals surface area (Å²) >= 11 is 0. The van der Waals surface area contributed by atoms with Crippen molar-refractivity contribution in [3.63, 3.8) is 0 Å². The zero-order valence-corrected chi connectivity index (χ0v) is 14.5. The highest BCUT2D eigenvalue weighted by Gasteiger charge is 2.34. The van der Waals surface area contributed by atoms with Gasteiger partial charge in [0.05, 0.1) is 6.10 Å². The highest BCUT2D eigenvalue weighted by molar-refractivity contribution is 5.94. The lowest BCUT2D eigenvalue weighted by Crippen LogP contribution is -2.44. The third-order valence-electron chi connectivity index (χ3n) is 4.89. The van der Waals surface area contributed by atoms with Crippen LogP contribution in [-0.4, -0.2) is 85.9 Å². The molecule has 3 rings (SSSR count). The minimum atomic E-state index is -0.599. The summed E-state index contributed by atoms with van der Waals surface area (Å²) in [6.45, 7) is 7.38. The summed E-state index contributed by atoms with van der Waals surface area (Å²) < 4.78 is 5.48. The number of rotatable bonds is 4. The van der Waals surface area contributed by atoms with Gasteiger partial charge in [0, 0.05) is 57.1 Å². The number of aliphatic hydroxyl groups is 1. The molecule has 0 saturated carbocycles. The number of aliphatic hydroxyl groups excluding tert-OH is 1. The topological polar surface area (TPSA) is 56.2 Å². The van der Waals surface area contributed by atoms with Gasteiger partial charge in [0.1, 0.15) is 6.10 Å². The molecule has 2 aliphatic heterocycles. The number of carbonyl (C=O) groups is 1. The van der Waals surface area contributed by atoms with Gasteiger partial charge in [-0.1, -0.05) is 0 Å². The van der Waals surface area contributed by atoms with E-state index in [1.807, 2.05) is 31.2 Å². The number of anilines is 1. The van der Waals surface area contributed by atoms with Gasteiger partial charge in [-0.25, -0.2) is 0 Å². The van der Waals surface area contributed by atoms with Crippen molar-refractivity contribution in [1.29, 1.82) is 0 Å². The van der Waals surface area contributed by atoms with Gasteiger partial charge in [-0.15, -0.1) is 0 Å². The molecule has 6 heteroatoms. The van der Waals surface area contributed by atoms with Crippen molar-refractivity contribution in [2.75, 3.05) is 57.8 Å². The van der Waals surface area contributed by atoms with Crippen LogP contribution in [0.15, 0.2) is 24.3 Å². The molecule has 0 bridgehead atoms. The first-order valence-corrected chi connectivity index (χ1v) is 8.71. The first kappa shape index (κ1) is 17.2. The number of hydrogen-bond acceptors (Lipinski definition) is 5. The van der Waals surface area contributed by atoms with Crippen molar-refractivity contribution in [1.82, 2.24) is 9.80 Å². The molecule has 24 heavy (non-hydrogen) atoms. The first-order chi connectivity index (χ1) is 11.6. The fraction of sp³-hybridized carbons (Fsp3) is 0.611. The lowest BCUT2D eigenvalue weighted by Gasteiger charge is -2.34. The number of amides is 1. The summed E-state index contributed by atoms with van der Waals surface area (Å²) in [5.74, 6) is -0.0406. The molecule has 0 aromatic heterocycles. The van der Waals surface area contributed by atoms with E-state index in [4.69, 9.17) is 4.74 Å². The van der Waals surface area contributed by atoms with E-state index in [1.165, 1.54) is 0 Å².